The number of carboxylic acid groups (broad SMARTS) is 1. The lowest BCUT2D eigenvalue weighted by atomic mass is 10.2. The second-order valence-electron chi connectivity index (χ2n) is 3.96. The van der Waals surface area contributed by atoms with Crippen LogP contribution in [0.15, 0.2) is 18.2 Å². The minimum absolute atomic E-state index is 0.0111. The van der Waals surface area contributed by atoms with Gasteiger partial charge in [-0.3, -0.25) is 4.79 Å². The van der Waals surface area contributed by atoms with Gasteiger partial charge in [-0.25, -0.2) is 17.6 Å². The molecule has 0 bridgehead atoms. The molecule has 6 nitrogen and oxygen atoms in total. The standard InChI is InChI=1S/C11H12FNO5S/c1-6(19(2,17)18)10(14)13-7-3-4-8(11(15)16)9(12)5-7/h3-6H,1-2H3,(H,13,14)(H,15,16). The minimum atomic E-state index is -3.55. The number of nitrogens with one attached hydrogen (secondary N) is 1. The van der Waals surface area contributed by atoms with Crippen LogP contribution in [0.2, 0.25) is 0 Å². The molecule has 0 radical (unpaired) electrons. The average molecular weight is 289 g/mol. The van der Waals surface area contributed by atoms with Crippen molar-refractivity contribution in [2.45, 2.75) is 12.2 Å². The Hall–Kier alpha value is -1.96. The first-order valence-corrected chi connectivity index (χ1v) is 7.11. The molecule has 19 heavy (non-hydrogen) atoms. The Kier molecular flexibility index (Phi) is 4.25. The van der Waals surface area contributed by atoms with E-state index in [1.165, 1.54) is 13.0 Å². The van der Waals surface area contributed by atoms with Crippen LogP contribution in [0.5, 0.6) is 0 Å². The van der Waals surface area contributed by atoms with Crippen molar-refractivity contribution in [2.75, 3.05) is 11.6 Å². The molecule has 1 amide bonds. The van der Waals surface area contributed by atoms with Gasteiger partial charge in [-0.05, 0) is 25.1 Å². The highest BCUT2D eigenvalue weighted by atomic mass is 32.2. The van der Waals surface area contributed by atoms with Crippen LogP contribution < -0.4 is 5.32 Å². The second kappa shape index (κ2) is 5.35. The molecule has 0 aliphatic carbocycles. The summed E-state index contributed by atoms with van der Waals surface area (Å²) in [5, 5.41) is 9.55. The maximum atomic E-state index is 13.3. The van der Waals surface area contributed by atoms with Gasteiger partial charge in [0.25, 0.3) is 0 Å². The summed E-state index contributed by atoms with van der Waals surface area (Å²) < 4.78 is 35.7. The Morgan fingerprint density at radius 3 is 2.37 bits per heavy atom. The highest BCUT2D eigenvalue weighted by Crippen LogP contribution is 2.15. The smallest absolute Gasteiger partial charge is 0.338 e. The quantitative estimate of drug-likeness (QED) is 0.857. The summed E-state index contributed by atoms with van der Waals surface area (Å²) >= 11 is 0. The largest absolute Gasteiger partial charge is 0.478 e. The molecule has 8 heteroatoms. The third-order valence-corrected chi connectivity index (χ3v) is 3.98. The van der Waals surface area contributed by atoms with Gasteiger partial charge in [0.1, 0.15) is 11.1 Å². The molecular formula is C11H12FNO5S. The van der Waals surface area contributed by atoms with Gasteiger partial charge < -0.3 is 10.4 Å². The van der Waals surface area contributed by atoms with Crippen LogP contribution in [-0.4, -0.2) is 36.9 Å². The van der Waals surface area contributed by atoms with Gasteiger partial charge in [0.2, 0.25) is 5.91 Å². The van der Waals surface area contributed by atoms with Gasteiger partial charge in [0, 0.05) is 11.9 Å². The van der Waals surface area contributed by atoms with Crippen molar-refractivity contribution in [3.05, 3.63) is 29.6 Å². The SMILES string of the molecule is CC(C(=O)Nc1ccc(C(=O)O)c(F)c1)S(C)(=O)=O. The number of carbonyl (C=O) groups excluding carboxylic acids is 1. The van der Waals surface area contributed by atoms with Crippen LogP contribution >= 0.6 is 0 Å². The molecule has 1 unspecified atom stereocenters. The molecule has 1 atom stereocenters. The molecular weight excluding hydrogens is 277 g/mol. The Morgan fingerprint density at radius 1 is 1.37 bits per heavy atom. The van der Waals surface area contributed by atoms with Crippen LogP contribution in [0.4, 0.5) is 10.1 Å². The lowest BCUT2D eigenvalue weighted by Gasteiger charge is -2.10. The number of hydrogen-bond donors (Lipinski definition) is 2. The van der Waals surface area contributed by atoms with Crippen LogP contribution in [0.25, 0.3) is 0 Å². The second-order valence-corrected chi connectivity index (χ2v) is 6.33. The number of carboxylic acids is 1. The Morgan fingerprint density at radius 2 is 1.95 bits per heavy atom. The number of benzene rings is 1. The maximum Gasteiger partial charge on any atom is 0.338 e. The lowest BCUT2D eigenvalue weighted by Crippen LogP contribution is -2.31. The van der Waals surface area contributed by atoms with E-state index in [1.807, 2.05) is 0 Å². The highest BCUT2D eigenvalue weighted by Gasteiger charge is 2.23. The van der Waals surface area contributed by atoms with E-state index in [2.05, 4.69) is 5.32 Å². The van der Waals surface area contributed by atoms with Crippen molar-refractivity contribution >= 4 is 27.4 Å². The molecule has 2 N–H and O–H groups in total. The Bertz CT molecular complexity index is 626. The first-order chi connectivity index (χ1) is 8.62. The normalized spacial score (nSPS) is 12.8. The fraction of sp³-hybridized carbons (Fsp3) is 0.273. The summed E-state index contributed by atoms with van der Waals surface area (Å²) in [7, 11) is -3.55. The van der Waals surface area contributed by atoms with E-state index in [-0.39, 0.29) is 5.69 Å². The molecule has 104 valence electrons. The number of amides is 1. The van der Waals surface area contributed by atoms with E-state index < -0.39 is 38.3 Å². The molecule has 1 aromatic rings. The summed E-state index contributed by atoms with van der Waals surface area (Å²) in [6.07, 6.45) is 0.908. The summed E-state index contributed by atoms with van der Waals surface area (Å²) in [6.45, 7) is 1.20. The molecule has 0 heterocycles. The molecule has 0 aromatic heterocycles. The number of halogens is 1. The van der Waals surface area contributed by atoms with Crippen molar-refractivity contribution in [1.82, 2.24) is 0 Å². The van der Waals surface area contributed by atoms with Crippen LogP contribution in [0.3, 0.4) is 0 Å². The van der Waals surface area contributed by atoms with E-state index in [9.17, 15) is 22.4 Å². The zero-order valence-corrected chi connectivity index (χ0v) is 11.0. The summed E-state index contributed by atoms with van der Waals surface area (Å²) in [6, 6.07) is 2.98. The van der Waals surface area contributed by atoms with E-state index in [0.29, 0.717) is 0 Å². The van der Waals surface area contributed by atoms with Gasteiger partial charge in [-0.1, -0.05) is 0 Å². The highest BCUT2D eigenvalue weighted by molar-refractivity contribution is 7.92. The molecule has 0 saturated carbocycles. The molecule has 0 aliphatic rings. The van der Waals surface area contributed by atoms with E-state index >= 15 is 0 Å². The summed E-state index contributed by atoms with van der Waals surface area (Å²) in [4.78, 5) is 22.1. The molecule has 1 rings (SSSR count). The summed E-state index contributed by atoms with van der Waals surface area (Å²) in [5.41, 5.74) is -0.544. The monoisotopic (exact) mass is 289 g/mol. The maximum absolute atomic E-state index is 13.3. The van der Waals surface area contributed by atoms with E-state index in [0.717, 1.165) is 18.4 Å². The van der Waals surface area contributed by atoms with Crippen molar-refractivity contribution in [2.24, 2.45) is 0 Å². The third-order valence-electron chi connectivity index (χ3n) is 2.48. The van der Waals surface area contributed by atoms with Crippen LogP contribution in [-0.2, 0) is 14.6 Å². The molecule has 0 spiro atoms. The number of aromatic carboxylic acids is 1. The van der Waals surface area contributed by atoms with Crippen LogP contribution in [0, 0.1) is 5.82 Å². The van der Waals surface area contributed by atoms with E-state index in [4.69, 9.17) is 5.11 Å². The van der Waals surface area contributed by atoms with Crippen LogP contribution in [0.1, 0.15) is 17.3 Å². The van der Waals surface area contributed by atoms with Gasteiger partial charge in [0.05, 0.1) is 5.56 Å². The van der Waals surface area contributed by atoms with Crippen molar-refractivity contribution in [1.29, 1.82) is 0 Å². The first kappa shape index (κ1) is 15.1. The minimum Gasteiger partial charge on any atom is -0.478 e. The molecule has 1 aromatic carbocycles. The predicted octanol–water partition coefficient (Wildman–Crippen LogP) is 0.896. The number of sulfone groups is 1. The fourth-order valence-electron chi connectivity index (χ4n) is 1.20. The van der Waals surface area contributed by atoms with E-state index in [1.54, 1.807) is 0 Å². The van der Waals surface area contributed by atoms with Crippen molar-refractivity contribution < 1.29 is 27.5 Å². The first-order valence-electron chi connectivity index (χ1n) is 5.15. The molecule has 0 saturated heterocycles. The zero-order chi connectivity index (χ0) is 14.8. The van der Waals surface area contributed by atoms with Crippen molar-refractivity contribution in [3.8, 4) is 0 Å². The molecule has 0 fully saturated rings. The van der Waals surface area contributed by atoms with Gasteiger partial charge in [-0.15, -0.1) is 0 Å². The van der Waals surface area contributed by atoms with Gasteiger partial charge in [-0.2, -0.15) is 0 Å². The zero-order valence-electron chi connectivity index (χ0n) is 10.2. The predicted molar refractivity (Wildman–Crippen MR) is 66.3 cm³/mol. The lowest BCUT2D eigenvalue weighted by molar-refractivity contribution is -0.115. The van der Waals surface area contributed by atoms with Gasteiger partial charge in [0.15, 0.2) is 9.84 Å². The average Bonchev–Trinajstić information content (AvgIpc) is 2.26. The topological polar surface area (TPSA) is 101 Å². The Labute approximate surface area is 109 Å². The Balaban J connectivity index is 2.93. The van der Waals surface area contributed by atoms with Crippen molar-refractivity contribution in [3.63, 3.8) is 0 Å². The number of hydrogen-bond acceptors (Lipinski definition) is 4. The molecule has 0 aliphatic heterocycles. The number of anilines is 1. The fourth-order valence-corrected chi connectivity index (χ4v) is 1.65. The number of rotatable bonds is 4. The third kappa shape index (κ3) is 3.75. The summed E-state index contributed by atoms with van der Waals surface area (Å²) in [5.74, 6) is -3.26. The number of carbonyl (C=O) groups is 2. The van der Waals surface area contributed by atoms with Gasteiger partial charge >= 0.3 is 5.97 Å².